The smallest absolute Gasteiger partial charge is 0.274 e. The van der Waals surface area contributed by atoms with Gasteiger partial charge in [-0.15, -0.1) is 0 Å². The van der Waals surface area contributed by atoms with Gasteiger partial charge in [0.2, 0.25) is 5.91 Å². The van der Waals surface area contributed by atoms with Crippen LogP contribution < -0.4 is 5.32 Å². The molecular formula is C15H21N3O3. The number of hydrogen-bond acceptors (Lipinski definition) is 4. The summed E-state index contributed by atoms with van der Waals surface area (Å²) in [7, 11) is 0. The maximum absolute atomic E-state index is 11.6. The third-order valence-electron chi connectivity index (χ3n) is 3.80. The number of carbonyl (C=O) groups excluding carboxylic acids is 1. The molecule has 1 amide bonds. The van der Waals surface area contributed by atoms with Gasteiger partial charge < -0.3 is 10.2 Å². The van der Waals surface area contributed by atoms with E-state index in [0.29, 0.717) is 18.5 Å². The Labute approximate surface area is 124 Å². The summed E-state index contributed by atoms with van der Waals surface area (Å²) in [5, 5.41) is 14.4. The lowest BCUT2D eigenvalue weighted by Crippen LogP contribution is -2.40. The van der Waals surface area contributed by atoms with Crippen LogP contribution in [0.3, 0.4) is 0 Å². The van der Waals surface area contributed by atoms with Crippen LogP contribution in [0.5, 0.6) is 0 Å². The van der Waals surface area contributed by atoms with Crippen LogP contribution in [0.15, 0.2) is 24.3 Å². The normalized spacial score (nSPS) is 17.8. The van der Waals surface area contributed by atoms with Crippen LogP contribution in [0.1, 0.15) is 38.3 Å². The molecule has 1 N–H and O–H groups in total. The molecule has 21 heavy (non-hydrogen) atoms. The average molecular weight is 291 g/mol. The summed E-state index contributed by atoms with van der Waals surface area (Å²) in [5.41, 5.74) is 0.795. The first-order chi connectivity index (χ1) is 9.99. The fraction of sp³-hybridized carbons (Fsp3) is 0.533. The minimum Gasteiger partial charge on any atom is -0.341 e. The molecule has 1 heterocycles. The van der Waals surface area contributed by atoms with E-state index in [1.54, 1.807) is 18.2 Å². The van der Waals surface area contributed by atoms with Gasteiger partial charge in [-0.3, -0.25) is 14.9 Å². The number of rotatable bonds is 6. The number of nitro benzene ring substituents is 1. The van der Waals surface area contributed by atoms with Gasteiger partial charge in [-0.2, -0.15) is 0 Å². The molecule has 6 heteroatoms. The molecule has 114 valence electrons. The molecule has 6 nitrogen and oxygen atoms in total. The van der Waals surface area contributed by atoms with Crippen molar-refractivity contribution < 1.29 is 9.72 Å². The van der Waals surface area contributed by atoms with E-state index in [0.717, 1.165) is 13.0 Å². The molecule has 1 fully saturated rings. The molecule has 1 aromatic rings. The van der Waals surface area contributed by atoms with Crippen molar-refractivity contribution in [3.8, 4) is 0 Å². The highest BCUT2D eigenvalue weighted by Crippen LogP contribution is 2.24. The van der Waals surface area contributed by atoms with Crippen molar-refractivity contribution in [1.82, 2.24) is 10.2 Å². The fourth-order valence-electron chi connectivity index (χ4n) is 2.82. The van der Waals surface area contributed by atoms with E-state index >= 15 is 0 Å². The van der Waals surface area contributed by atoms with Crippen LogP contribution in [0, 0.1) is 10.1 Å². The Kier molecular flexibility index (Phi) is 4.90. The third kappa shape index (κ3) is 3.78. The summed E-state index contributed by atoms with van der Waals surface area (Å²) in [6.45, 7) is 5.36. The van der Waals surface area contributed by atoms with E-state index in [4.69, 9.17) is 0 Å². The Hall–Kier alpha value is -1.95. The van der Waals surface area contributed by atoms with Crippen LogP contribution in [0.2, 0.25) is 0 Å². The van der Waals surface area contributed by atoms with Gasteiger partial charge in [-0.25, -0.2) is 0 Å². The summed E-state index contributed by atoms with van der Waals surface area (Å²) in [4.78, 5) is 24.2. The molecule has 1 saturated heterocycles. The number of amides is 1. The van der Waals surface area contributed by atoms with Gasteiger partial charge in [-0.05, 0) is 20.3 Å². The van der Waals surface area contributed by atoms with Crippen LogP contribution in [-0.2, 0) is 4.79 Å². The summed E-state index contributed by atoms with van der Waals surface area (Å²) in [6, 6.07) is 6.70. The quantitative estimate of drug-likeness (QED) is 0.644. The first kappa shape index (κ1) is 15.4. The number of carbonyl (C=O) groups is 1. The minimum absolute atomic E-state index is 0.0851. The zero-order valence-electron chi connectivity index (χ0n) is 12.4. The highest BCUT2D eigenvalue weighted by atomic mass is 16.6. The van der Waals surface area contributed by atoms with Gasteiger partial charge in [0.25, 0.3) is 5.69 Å². The van der Waals surface area contributed by atoms with E-state index in [-0.39, 0.29) is 28.6 Å². The summed E-state index contributed by atoms with van der Waals surface area (Å²) in [5.74, 6) is 0.196. The third-order valence-corrected chi connectivity index (χ3v) is 3.80. The molecule has 1 aliphatic heterocycles. The molecule has 0 saturated carbocycles. The molecule has 0 aliphatic carbocycles. The topological polar surface area (TPSA) is 75.5 Å². The highest BCUT2D eigenvalue weighted by Gasteiger charge is 2.24. The van der Waals surface area contributed by atoms with Gasteiger partial charge in [0.05, 0.1) is 4.92 Å². The minimum atomic E-state index is -0.359. The lowest BCUT2D eigenvalue weighted by Gasteiger charge is -2.25. The van der Waals surface area contributed by atoms with Gasteiger partial charge in [0.15, 0.2) is 0 Å². The second-order valence-electron chi connectivity index (χ2n) is 5.55. The predicted molar refractivity (Wildman–Crippen MR) is 79.9 cm³/mol. The summed E-state index contributed by atoms with van der Waals surface area (Å²) < 4.78 is 0. The van der Waals surface area contributed by atoms with Crippen molar-refractivity contribution in [1.29, 1.82) is 0 Å². The van der Waals surface area contributed by atoms with E-state index in [9.17, 15) is 14.9 Å². The first-order valence-corrected chi connectivity index (χ1v) is 7.26. The van der Waals surface area contributed by atoms with Crippen LogP contribution in [0.25, 0.3) is 0 Å². The molecule has 0 bridgehead atoms. The Morgan fingerprint density at radius 1 is 1.38 bits per heavy atom. The van der Waals surface area contributed by atoms with Crippen molar-refractivity contribution in [3.63, 3.8) is 0 Å². The summed E-state index contributed by atoms with van der Waals surface area (Å²) >= 11 is 0. The Bertz CT molecular complexity index is 533. The maximum Gasteiger partial charge on any atom is 0.274 e. The lowest BCUT2D eigenvalue weighted by molar-refractivity contribution is -0.385. The second-order valence-corrected chi connectivity index (χ2v) is 5.55. The van der Waals surface area contributed by atoms with Gasteiger partial charge in [0, 0.05) is 43.2 Å². The molecule has 1 aliphatic rings. The Morgan fingerprint density at radius 2 is 2.10 bits per heavy atom. The molecule has 0 aromatic heterocycles. The van der Waals surface area contributed by atoms with Crippen LogP contribution in [-0.4, -0.2) is 34.9 Å². The SMILES string of the molecule is CC(CN1CCCC1=O)NC(C)c1ccccc1[N+](=O)[O-]. The van der Waals surface area contributed by atoms with Crippen LogP contribution in [0.4, 0.5) is 5.69 Å². The Balaban J connectivity index is 1.99. The number of nitrogens with one attached hydrogen (secondary N) is 1. The standard InChI is InChI=1S/C15H21N3O3/c1-11(10-17-9-5-8-15(17)19)16-12(2)13-6-3-4-7-14(13)18(20)21/h3-4,6-7,11-12,16H,5,8-10H2,1-2H3. The zero-order valence-corrected chi connectivity index (χ0v) is 12.4. The van der Waals surface area contributed by atoms with Crippen molar-refractivity contribution in [2.45, 2.75) is 38.8 Å². The molecule has 1 aromatic carbocycles. The van der Waals surface area contributed by atoms with Crippen LogP contribution >= 0.6 is 0 Å². The number of likely N-dealkylation sites (tertiary alicyclic amines) is 1. The number of nitro groups is 1. The highest BCUT2D eigenvalue weighted by molar-refractivity contribution is 5.78. The fourth-order valence-corrected chi connectivity index (χ4v) is 2.82. The number of hydrogen-bond donors (Lipinski definition) is 1. The molecule has 0 radical (unpaired) electrons. The Morgan fingerprint density at radius 3 is 2.71 bits per heavy atom. The van der Waals surface area contributed by atoms with Gasteiger partial charge >= 0.3 is 0 Å². The van der Waals surface area contributed by atoms with Gasteiger partial charge in [-0.1, -0.05) is 18.2 Å². The first-order valence-electron chi connectivity index (χ1n) is 7.26. The van der Waals surface area contributed by atoms with Crippen molar-refractivity contribution in [2.24, 2.45) is 0 Å². The average Bonchev–Trinajstić information content (AvgIpc) is 2.84. The van der Waals surface area contributed by atoms with Crippen molar-refractivity contribution >= 4 is 11.6 Å². The second kappa shape index (κ2) is 6.67. The largest absolute Gasteiger partial charge is 0.341 e. The van der Waals surface area contributed by atoms with E-state index in [2.05, 4.69) is 5.32 Å². The molecular weight excluding hydrogens is 270 g/mol. The molecule has 2 rings (SSSR count). The van der Waals surface area contributed by atoms with E-state index in [1.165, 1.54) is 6.07 Å². The number of para-hydroxylation sites is 1. The van der Waals surface area contributed by atoms with Gasteiger partial charge in [0.1, 0.15) is 0 Å². The lowest BCUT2D eigenvalue weighted by atomic mass is 10.1. The van der Waals surface area contributed by atoms with Crippen molar-refractivity contribution in [2.75, 3.05) is 13.1 Å². The zero-order chi connectivity index (χ0) is 15.4. The molecule has 2 atom stereocenters. The molecule has 2 unspecified atom stereocenters. The number of benzene rings is 1. The predicted octanol–water partition coefficient (Wildman–Crippen LogP) is 2.26. The molecule has 0 spiro atoms. The maximum atomic E-state index is 11.6. The van der Waals surface area contributed by atoms with E-state index in [1.807, 2.05) is 18.7 Å². The van der Waals surface area contributed by atoms with Crippen molar-refractivity contribution in [3.05, 3.63) is 39.9 Å². The van der Waals surface area contributed by atoms with E-state index < -0.39 is 0 Å². The summed E-state index contributed by atoms with van der Waals surface area (Å²) in [6.07, 6.45) is 1.55. The monoisotopic (exact) mass is 291 g/mol. The number of nitrogens with zero attached hydrogens (tertiary/aromatic N) is 2.